The number of nitrogens with zero attached hydrogens (tertiary/aromatic N) is 1. The smallest absolute Gasteiger partial charge is 0.140 e. The minimum atomic E-state index is 0.213. The molecule has 3 N–H and O–H groups in total. The first-order chi connectivity index (χ1) is 8.29. The van der Waals surface area contributed by atoms with Crippen LogP contribution in [0.2, 0.25) is 5.02 Å². The minimum Gasteiger partial charge on any atom is -0.376 e. The molecule has 5 nitrogen and oxygen atoms in total. The topological polar surface area (TPSA) is 69.4 Å². The summed E-state index contributed by atoms with van der Waals surface area (Å²) in [7, 11) is 0. The molecule has 0 aromatic carbocycles. The van der Waals surface area contributed by atoms with E-state index in [4.69, 9.17) is 26.9 Å². The van der Waals surface area contributed by atoms with E-state index >= 15 is 0 Å². The van der Waals surface area contributed by atoms with Crippen LogP contribution >= 0.6 is 11.6 Å². The van der Waals surface area contributed by atoms with Crippen molar-refractivity contribution in [1.29, 1.82) is 0 Å². The molecule has 0 bridgehead atoms. The van der Waals surface area contributed by atoms with E-state index in [2.05, 4.69) is 10.4 Å². The largest absolute Gasteiger partial charge is 0.376 e. The first-order valence-corrected chi connectivity index (χ1v) is 5.99. The van der Waals surface area contributed by atoms with Crippen molar-refractivity contribution in [1.82, 2.24) is 4.98 Å². The molecule has 1 aromatic rings. The van der Waals surface area contributed by atoms with E-state index in [1.54, 1.807) is 12.1 Å². The van der Waals surface area contributed by atoms with Gasteiger partial charge in [-0.1, -0.05) is 11.6 Å². The van der Waals surface area contributed by atoms with Crippen molar-refractivity contribution in [3.63, 3.8) is 0 Å². The fourth-order valence-electron chi connectivity index (χ4n) is 1.73. The Labute approximate surface area is 105 Å². The Kier molecular flexibility index (Phi) is 4.56. The van der Waals surface area contributed by atoms with Crippen LogP contribution < -0.4 is 11.3 Å². The summed E-state index contributed by atoms with van der Waals surface area (Å²) in [6, 6.07) is 3.46. The zero-order valence-electron chi connectivity index (χ0n) is 9.49. The molecule has 0 aliphatic carbocycles. The lowest BCUT2D eigenvalue weighted by Gasteiger charge is -2.11. The van der Waals surface area contributed by atoms with Crippen LogP contribution in [0.15, 0.2) is 12.1 Å². The van der Waals surface area contributed by atoms with Crippen molar-refractivity contribution in [2.24, 2.45) is 5.84 Å². The summed E-state index contributed by atoms with van der Waals surface area (Å²) in [5.41, 5.74) is 3.16. The van der Waals surface area contributed by atoms with Gasteiger partial charge < -0.3 is 14.9 Å². The maximum atomic E-state index is 6.01. The number of hydrazine groups is 1. The molecule has 2 heterocycles. The highest BCUT2D eigenvalue weighted by molar-refractivity contribution is 6.31. The molecule has 1 aliphatic rings. The average molecular weight is 258 g/mol. The molecular formula is C11H16ClN3O2. The summed E-state index contributed by atoms with van der Waals surface area (Å²) in [4.78, 5) is 4.22. The lowest BCUT2D eigenvalue weighted by atomic mass is 10.2. The third-order valence-electron chi connectivity index (χ3n) is 2.63. The number of hydrogen-bond donors (Lipinski definition) is 2. The molecule has 6 heteroatoms. The second-order valence-electron chi connectivity index (χ2n) is 3.92. The molecule has 1 unspecified atom stereocenters. The summed E-state index contributed by atoms with van der Waals surface area (Å²) < 4.78 is 11.0. The molecule has 1 atom stereocenters. The Hall–Kier alpha value is -0.880. The second-order valence-corrected chi connectivity index (χ2v) is 4.33. The lowest BCUT2D eigenvalue weighted by molar-refractivity contribution is 0.00970. The number of pyridine rings is 1. The van der Waals surface area contributed by atoms with Gasteiger partial charge in [-0.25, -0.2) is 10.8 Å². The maximum Gasteiger partial charge on any atom is 0.140 e. The van der Waals surface area contributed by atoms with Crippen LogP contribution in [0.3, 0.4) is 0 Å². The molecule has 94 valence electrons. The fourth-order valence-corrected chi connectivity index (χ4v) is 1.89. The fraction of sp³-hybridized carbons (Fsp3) is 0.545. The zero-order valence-corrected chi connectivity index (χ0v) is 10.2. The number of anilines is 1. The Morgan fingerprint density at radius 2 is 2.47 bits per heavy atom. The van der Waals surface area contributed by atoms with Crippen molar-refractivity contribution in [2.45, 2.75) is 25.6 Å². The van der Waals surface area contributed by atoms with Crippen molar-refractivity contribution < 1.29 is 9.47 Å². The summed E-state index contributed by atoms with van der Waals surface area (Å²) in [5, 5.41) is 0.580. The quantitative estimate of drug-likeness (QED) is 0.621. The van der Waals surface area contributed by atoms with Gasteiger partial charge in [0, 0.05) is 6.61 Å². The number of halogens is 1. The van der Waals surface area contributed by atoms with E-state index in [9.17, 15) is 0 Å². The van der Waals surface area contributed by atoms with Gasteiger partial charge in [-0.2, -0.15) is 0 Å². The van der Waals surface area contributed by atoms with Gasteiger partial charge in [0.1, 0.15) is 5.82 Å². The van der Waals surface area contributed by atoms with Gasteiger partial charge in [0.2, 0.25) is 0 Å². The molecule has 1 saturated heterocycles. The maximum absolute atomic E-state index is 6.01. The monoisotopic (exact) mass is 257 g/mol. The molecule has 1 aliphatic heterocycles. The van der Waals surface area contributed by atoms with Crippen molar-refractivity contribution >= 4 is 17.4 Å². The molecule has 1 fully saturated rings. The van der Waals surface area contributed by atoms with Crippen molar-refractivity contribution in [2.75, 3.05) is 18.6 Å². The van der Waals surface area contributed by atoms with Gasteiger partial charge in [-0.05, 0) is 25.0 Å². The highest BCUT2D eigenvalue weighted by Gasteiger charge is 2.15. The highest BCUT2D eigenvalue weighted by Crippen LogP contribution is 2.18. The van der Waals surface area contributed by atoms with Crippen LogP contribution in [0.25, 0.3) is 0 Å². The van der Waals surface area contributed by atoms with Crippen LogP contribution in [0.5, 0.6) is 0 Å². The normalized spacial score (nSPS) is 19.5. The van der Waals surface area contributed by atoms with Gasteiger partial charge >= 0.3 is 0 Å². The Morgan fingerprint density at radius 3 is 3.18 bits per heavy atom. The summed E-state index contributed by atoms with van der Waals surface area (Å²) in [6.07, 6.45) is 2.38. The van der Waals surface area contributed by atoms with Crippen LogP contribution in [0.1, 0.15) is 18.5 Å². The number of hydrogen-bond acceptors (Lipinski definition) is 5. The highest BCUT2D eigenvalue weighted by atomic mass is 35.5. The second kappa shape index (κ2) is 6.16. The first-order valence-electron chi connectivity index (χ1n) is 5.61. The molecule has 1 aromatic heterocycles. The number of ether oxygens (including phenoxy) is 2. The van der Waals surface area contributed by atoms with Gasteiger partial charge in [0.25, 0.3) is 0 Å². The van der Waals surface area contributed by atoms with Crippen LogP contribution in [0.4, 0.5) is 5.82 Å². The zero-order chi connectivity index (χ0) is 12.1. The van der Waals surface area contributed by atoms with E-state index in [0.717, 1.165) is 19.4 Å². The number of nitrogens with two attached hydrogens (primary N) is 1. The molecule has 2 rings (SSSR count). The minimum absolute atomic E-state index is 0.213. The van der Waals surface area contributed by atoms with Gasteiger partial charge in [-0.3, -0.25) is 0 Å². The van der Waals surface area contributed by atoms with E-state index in [1.807, 2.05) is 0 Å². The Morgan fingerprint density at radius 1 is 1.59 bits per heavy atom. The summed E-state index contributed by atoms with van der Waals surface area (Å²) in [6.45, 7) is 1.78. The number of rotatable bonds is 5. The van der Waals surface area contributed by atoms with Crippen LogP contribution in [-0.4, -0.2) is 24.3 Å². The van der Waals surface area contributed by atoms with E-state index < -0.39 is 0 Å². The van der Waals surface area contributed by atoms with Crippen molar-refractivity contribution in [3.8, 4) is 0 Å². The first kappa shape index (κ1) is 12.6. The third kappa shape index (κ3) is 3.54. The molecule has 0 spiro atoms. The van der Waals surface area contributed by atoms with Gasteiger partial charge in [-0.15, -0.1) is 0 Å². The summed E-state index contributed by atoms with van der Waals surface area (Å²) >= 11 is 6.01. The molecular weight excluding hydrogens is 242 g/mol. The van der Waals surface area contributed by atoms with Gasteiger partial charge in [0.05, 0.1) is 30.0 Å². The van der Waals surface area contributed by atoms with E-state index in [1.165, 1.54) is 0 Å². The average Bonchev–Trinajstić information content (AvgIpc) is 2.84. The van der Waals surface area contributed by atoms with Crippen LogP contribution in [0, 0.1) is 0 Å². The van der Waals surface area contributed by atoms with Crippen molar-refractivity contribution in [3.05, 3.63) is 22.8 Å². The van der Waals surface area contributed by atoms with Crippen LogP contribution in [-0.2, 0) is 16.1 Å². The molecule has 17 heavy (non-hydrogen) atoms. The van der Waals surface area contributed by atoms with Gasteiger partial charge in [0.15, 0.2) is 0 Å². The Bertz CT molecular complexity index is 370. The predicted octanol–water partition coefficient (Wildman–Crippen LogP) is 1.72. The number of aromatic nitrogens is 1. The number of nitrogens with one attached hydrogen (secondary N) is 1. The number of nitrogen functional groups attached to an aromatic ring is 1. The molecule has 0 radical (unpaired) electrons. The van der Waals surface area contributed by atoms with E-state index in [-0.39, 0.29) is 6.10 Å². The lowest BCUT2D eigenvalue weighted by Crippen LogP contribution is -2.15. The Balaban J connectivity index is 1.84. The summed E-state index contributed by atoms with van der Waals surface area (Å²) in [5.74, 6) is 5.85. The SMILES string of the molecule is NNc1ccc(Cl)c(COCC2CCCO2)n1. The molecule has 0 amide bonds. The van der Waals surface area contributed by atoms with E-state index in [0.29, 0.717) is 29.7 Å². The standard InChI is InChI=1S/C11H16ClN3O2/c12-9-3-4-11(15-13)14-10(9)7-16-6-8-2-1-5-17-8/h3-4,8H,1-2,5-7,13H2,(H,14,15). The third-order valence-corrected chi connectivity index (χ3v) is 2.98. The molecule has 0 saturated carbocycles. The predicted molar refractivity (Wildman–Crippen MR) is 65.7 cm³/mol.